The first kappa shape index (κ1) is 35.4. The first-order valence-corrected chi connectivity index (χ1v) is 16.2. The van der Waals surface area contributed by atoms with Crippen LogP contribution in [0.25, 0.3) is 0 Å². The Morgan fingerprint density at radius 3 is 1.33 bits per heavy atom. The summed E-state index contributed by atoms with van der Waals surface area (Å²) in [6.45, 7) is 5.20. The molecule has 0 fully saturated rings. The zero-order chi connectivity index (χ0) is 26.5. The number of amides is 1. The lowest BCUT2D eigenvalue weighted by molar-refractivity contribution is -0.133. The molecule has 0 rings (SSSR count). The maximum atomic E-state index is 12.6. The summed E-state index contributed by atoms with van der Waals surface area (Å²) in [7, 11) is 0. The van der Waals surface area contributed by atoms with E-state index in [1.807, 2.05) is 0 Å². The second-order valence-electron chi connectivity index (χ2n) is 11.2. The largest absolute Gasteiger partial charge is 0.395 e. The molecule has 0 saturated carbocycles. The molecule has 0 spiro atoms. The van der Waals surface area contributed by atoms with Gasteiger partial charge in [0.25, 0.3) is 0 Å². The zero-order valence-corrected chi connectivity index (χ0v) is 24.6. The van der Waals surface area contributed by atoms with Crippen molar-refractivity contribution in [2.24, 2.45) is 0 Å². The minimum Gasteiger partial charge on any atom is -0.395 e. The minimum atomic E-state index is -0.471. The van der Waals surface area contributed by atoms with Crippen LogP contribution in [-0.2, 0) is 4.79 Å². The number of rotatable bonds is 29. The molecule has 0 aromatic heterocycles. The zero-order valence-electron chi connectivity index (χ0n) is 24.6. The third-order valence-corrected chi connectivity index (χ3v) is 7.54. The number of unbranched alkanes of at least 4 members (excludes halogenated alkanes) is 21. The van der Waals surface area contributed by atoms with Crippen molar-refractivity contribution in [2.75, 3.05) is 19.7 Å². The molecule has 4 heteroatoms. The van der Waals surface area contributed by atoms with E-state index in [-0.39, 0.29) is 12.5 Å². The van der Waals surface area contributed by atoms with Crippen molar-refractivity contribution in [1.29, 1.82) is 0 Å². The van der Waals surface area contributed by atoms with Crippen LogP contribution in [0.1, 0.15) is 174 Å². The average molecular weight is 512 g/mol. The lowest BCUT2D eigenvalue weighted by Gasteiger charge is -2.25. The normalized spacial score (nSPS) is 12.2. The fourth-order valence-electron chi connectivity index (χ4n) is 5.10. The van der Waals surface area contributed by atoms with Crippen LogP contribution in [0.4, 0.5) is 0 Å². The predicted molar refractivity (Wildman–Crippen MR) is 156 cm³/mol. The summed E-state index contributed by atoms with van der Waals surface area (Å²) in [5.74, 6) is 0.0914. The third-order valence-electron chi connectivity index (χ3n) is 7.54. The van der Waals surface area contributed by atoms with E-state index in [2.05, 4.69) is 13.8 Å². The minimum absolute atomic E-state index is 0.0327. The highest BCUT2D eigenvalue weighted by molar-refractivity contribution is 5.76. The molecule has 36 heavy (non-hydrogen) atoms. The molecule has 0 radical (unpaired) electrons. The van der Waals surface area contributed by atoms with Crippen LogP contribution < -0.4 is 0 Å². The highest BCUT2D eigenvalue weighted by Gasteiger charge is 2.16. The van der Waals surface area contributed by atoms with Gasteiger partial charge in [-0.3, -0.25) is 4.79 Å². The van der Waals surface area contributed by atoms with Gasteiger partial charge in [0, 0.05) is 19.5 Å². The molecule has 0 aliphatic heterocycles. The molecule has 0 aromatic rings. The molecule has 0 aliphatic carbocycles. The Morgan fingerprint density at radius 1 is 0.583 bits per heavy atom. The summed E-state index contributed by atoms with van der Waals surface area (Å²) in [6.07, 6.45) is 30.7. The number of carbonyl (C=O) groups excluding carboxylic acids is 1. The topological polar surface area (TPSA) is 60.8 Å². The second kappa shape index (κ2) is 29.0. The quantitative estimate of drug-likeness (QED) is 0.0985. The van der Waals surface area contributed by atoms with Gasteiger partial charge in [-0.25, -0.2) is 0 Å². The van der Waals surface area contributed by atoms with E-state index in [1.165, 1.54) is 122 Å². The van der Waals surface area contributed by atoms with Crippen LogP contribution in [-0.4, -0.2) is 46.8 Å². The first-order valence-electron chi connectivity index (χ1n) is 16.2. The van der Waals surface area contributed by atoms with Crippen molar-refractivity contribution in [3.8, 4) is 0 Å². The molecule has 0 aliphatic rings. The number of nitrogens with zero attached hydrogens (tertiary/aromatic N) is 1. The molecule has 0 aromatic carbocycles. The molecule has 1 atom stereocenters. The van der Waals surface area contributed by atoms with Crippen molar-refractivity contribution < 1.29 is 15.0 Å². The van der Waals surface area contributed by atoms with E-state index < -0.39 is 6.10 Å². The Bertz CT molecular complexity index is 443. The smallest absolute Gasteiger partial charge is 0.222 e. The molecule has 2 N–H and O–H groups in total. The van der Waals surface area contributed by atoms with Crippen LogP contribution in [0, 0.1) is 0 Å². The summed E-state index contributed by atoms with van der Waals surface area (Å²) in [5, 5.41) is 19.8. The summed E-state index contributed by atoms with van der Waals surface area (Å²) in [4.78, 5) is 14.3. The molecule has 1 unspecified atom stereocenters. The third kappa shape index (κ3) is 25.1. The van der Waals surface area contributed by atoms with Gasteiger partial charge in [-0.2, -0.15) is 0 Å². The maximum absolute atomic E-state index is 12.6. The van der Waals surface area contributed by atoms with Crippen molar-refractivity contribution in [3.05, 3.63) is 0 Å². The van der Waals surface area contributed by atoms with Crippen LogP contribution in [0.3, 0.4) is 0 Å². The number of aliphatic hydroxyl groups is 2. The molecule has 0 heterocycles. The fraction of sp³-hybridized carbons (Fsp3) is 0.969. The van der Waals surface area contributed by atoms with E-state index in [0.29, 0.717) is 19.5 Å². The average Bonchev–Trinajstić information content (AvgIpc) is 2.87. The highest BCUT2D eigenvalue weighted by atomic mass is 16.3. The Labute approximate surface area is 226 Å². The van der Waals surface area contributed by atoms with Crippen LogP contribution >= 0.6 is 0 Å². The van der Waals surface area contributed by atoms with Gasteiger partial charge in [0.2, 0.25) is 5.91 Å². The standard InChI is InChI=1S/C32H65NO3/c1-3-5-7-9-11-13-14-15-16-17-18-19-21-23-25-27-32(36)33(28-29-34)30-31(35)26-24-22-20-12-10-8-6-4-2/h31,34-35H,3-30H2,1-2H3. The lowest BCUT2D eigenvalue weighted by Crippen LogP contribution is -2.39. The van der Waals surface area contributed by atoms with Crippen molar-refractivity contribution in [2.45, 2.75) is 180 Å². The number of hydrogen-bond donors (Lipinski definition) is 2. The monoisotopic (exact) mass is 511 g/mol. The van der Waals surface area contributed by atoms with E-state index in [4.69, 9.17) is 0 Å². The molecule has 0 bridgehead atoms. The molecular formula is C32H65NO3. The van der Waals surface area contributed by atoms with Crippen LogP contribution in [0.15, 0.2) is 0 Å². The first-order chi connectivity index (χ1) is 17.7. The molecule has 4 nitrogen and oxygen atoms in total. The van der Waals surface area contributed by atoms with E-state index in [1.54, 1.807) is 4.90 Å². The van der Waals surface area contributed by atoms with Gasteiger partial charge in [0.1, 0.15) is 0 Å². The summed E-state index contributed by atoms with van der Waals surface area (Å²) in [5.41, 5.74) is 0. The second-order valence-corrected chi connectivity index (χ2v) is 11.2. The number of carbonyl (C=O) groups is 1. The van der Waals surface area contributed by atoms with Crippen molar-refractivity contribution in [1.82, 2.24) is 4.90 Å². The van der Waals surface area contributed by atoms with Crippen LogP contribution in [0.2, 0.25) is 0 Å². The fourth-order valence-corrected chi connectivity index (χ4v) is 5.10. The van der Waals surface area contributed by atoms with Gasteiger partial charge in [-0.1, -0.05) is 155 Å². The predicted octanol–water partition coefficient (Wildman–Crippen LogP) is 8.96. The molecule has 1 amide bonds. The Balaban J connectivity index is 3.66. The Hall–Kier alpha value is -0.610. The van der Waals surface area contributed by atoms with Gasteiger partial charge >= 0.3 is 0 Å². The van der Waals surface area contributed by atoms with Crippen molar-refractivity contribution >= 4 is 5.91 Å². The van der Waals surface area contributed by atoms with E-state index >= 15 is 0 Å². The SMILES string of the molecule is CCCCCCCCCCCCCCCCCC(=O)N(CCO)CC(O)CCCCCCCCCC. The van der Waals surface area contributed by atoms with Gasteiger partial charge in [-0.15, -0.1) is 0 Å². The van der Waals surface area contributed by atoms with Gasteiger partial charge in [-0.05, 0) is 12.8 Å². The molecular weight excluding hydrogens is 446 g/mol. The summed E-state index contributed by atoms with van der Waals surface area (Å²) in [6, 6.07) is 0. The van der Waals surface area contributed by atoms with Gasteiger partial charge in [0.05, 0.1) is 12.7 Å². The van der Waals surface area contributed by atoms with Gasteiger partial charge < -0.3 is 15.1 Å². The molecule has 216 valence electrons. The summed E-state index contributed by atoms with van der Waals surface area (Å²) < 4.78 is 0. The maximum Gasteiger partial charge on any atom is 0.222 e. The Kier molecular flexibility index (Phi) is 28.5. The summed E-state index contributed by atoms with van der Waals surface area (Å²) >= 11 is 0. The number of aliphatic hydroxyl groups excluding tert-OH is 2. The molecule has 0 saturated heterocycles. The van der Waals surface area contributed by atoms with Crippen LogP contribution in [0.5, 0.6) is 0 Å². The highest BCUT2D eigenvalue weighted by Crippen LogP contribution is 2.15. The van der Waals surface area contributed by atoms with Gasteiger partial charge in [0.15, 0.2) is 0 Å². The van der Waals surface area contributed by atoms with Crippen molar-refractivity contribution in [3.63, 3.8) is 0 Å². The number of hydrogen-bond acceptors (Lipinski definition) is 3. The Morgan fingerprint density at radius 2 is 0.944 bits per heavy atom. The van der Waals surface area contributed by atoms with E-state index in [9.17, 15) is 15.0 Å². The lowest BCUT2D eigenvalue weighted by atomic mass is 10.0. The van der Waals surface area contributed by atoms with E-state index in [0.717, 1.165) is 32.1 Å².